The van der Waals surface area contributed by atoms with Crippen LogP contribution in [0.1, 0.15) is 12.8 Å². The molecule has 0 N–H and O–H groups in total. The summed E-state index contributed by atoms with van der Waals surface area (Å²) in [6, 6.07) is 0. The van der Waals surface area contributed by atoms with Crippen molar-refractivity contribution in [2.75, 3.05) is 5.75 Å². The maximum Gasteiger partial charge on any atom is 0.233 e. The van der Waals surface area contributed by atoms with E-state index in [0.717, 1.165) is 12.8 Å². The van der Waals surface area contributed by atoms with Gasteiger partial charge in [0.15, 0.2) is 0 Å². The van der Waals surface area contributed by atoms with Gasteiger partial charge in [-0.05, 0) is 18.8 Å². The lowest BCUT2D eigenvalue weighted by molar-refractivity contribution is 0.594. The molecule has 1 rings (SSSR count). The molecule has 1 unspecified atom stereocenters. The summed E-state index contributed by atoms with van der Waals surface area (Å²) >= 11 is 0. The molecule has 0 spiro atoms. The van der Waals surface area contributed by atoms with E-state index >= 15 is 0 Å². The van der Waals surface area contributed by atoms with Crippen molar-refractivity contribution in [3.8, 4) is 0 Å². The number of rotatable bonds is 2. The van der Waals surface area contributed by atoms with Crippen molar-refractivity contribution >= 4 is 19.7 Å². The monoisotopic (exact) mass is 180 g/mol. The molecule has 2 nitrogen and oxygen atoms in total. The summed E-state index contributed by atoms with van der Waals surface area (Å²) in [5, 5.41) is 0. The Bertz CT molecular complexity index is 230. The average molecular weight is 181 g/mol. The zero-order valence-electron chi connectivity index (χ0n) is 5.46. The molecule has 0 bridgehead atoms. The van der Waals surface area contributed by atoms with Crippen LogP contribution in [0.15, 0.2) is 12.2 Å². The summed E-state index contributed by atoms with van der Waals surface area (Å²) in [5.41, 5.74) is 0. The molecule has 10 heavy (non-hydrogen) atoms. The molecule has 0 fully saturated rings. The van der Waals surface area contributed by atoms with Crippen molar-refractivity contribution in [1.29, 1.82) is 0 Å². The lowest BCUT2D eigenvalue weighted by Gasteiger charge is -2.01. The SMILES string of the molecule is O=S(=O)(Cl)CC1C=CCC1. The van der Waals surface area contributed by atoms with Crippen molar-refractivity contribution in [2.24, 2.45) is 5.92 Å². The number of hydrogen-bond donors (Lipinski definition) is 0. The summed E-state index contributed by atoms with van der Waals surface area (Å²) in [6.07, 6.45) is 5.82. The molecule has 0 aromatic rings. The van der Waals surface area contributed by atoms with Crippen LogP contribution in [0, 0.1) is 5.92 Å². The lowest BCUT2D eigenvalue weighted by Crippen LogP contribution is -2.06. The highest BCUT2D eigenvalue weighted by Crippen LogP contribution is 2.19. The van der Waals surface area contributed by atoms with Crippen molar-refractivity contribution in [1.82, 2.24) is 0 Å². The quantitative estimate of drug-likeness (QED) is 0.477. The van der Waals surface area contributed by atoms with Gasteiger partial charge in [0, 0.05) is 10.7 Å². The summed E-state index contributed by atoms with van der Waals surface area (Å²) in [6.45, 7) is 0. The average Bonchev–Trinajstić information content (AvgIpc) is 2.12. The van der Waals surface area contributed by atoms with Crippen LogP contribution in [0.4, 0.5) is 0 Å². The van der Waals surface area contributed by atoms with Gasteiger partial charge in [-0.2, -0.15) is 0 Å². The van der Waals surface area contributed by atoms with E-state index in [1.165, 1.54) is 0 Å². The molecule has 58 valence electrons. The van der Waals surface area contributed by atoms with E-state index in [1.54, 1.807) is 0 Å². The third-order valence-electron chi connectivity index (χ3n) is 1.53. The Hall–Kier alpha value is -0.0200. The first kappa shape index (κ1) is 8.08. The highest BCUT2D eigenvalue weighted by atomic mass is 35.7. The molecular formula is C6H9ClO2S. The molecule has 0 aromatic heterocycles. The topological polar surface area (TPSA) is 34.1 Å². The highest BCUT2D eigenvalue weighted by Gasteiger charge is 2.16. The van der Waals surface area contributed by atoms with Gasteiger partial charge >= 0.3 is 0 Å². The normalized spacial score (nSPS) is 25.5. The second-order valence-electron chi connectivity index (χ2n) is 2.47. The molecule has 1 atom stereocenters. The maximum absolute atomic E-state index is 10.5. The van der Waals surface area contributed by atoms with Crippen LogP contribution in [-0.4, -0.2) is 14.2 Å². The predicted molar refractivity (Wildman–Crippen MR) is 41.5 cm³/mol. The molecule has 0 amide bonds. The molecule has 4 heteroatoms. The fraction of sp³-hybridized carbons (Fsp3) is 0.667. The van der Waals surface area contributed by atoms with Crippen LogP contribution >= 0.6 is 10.7 Å². The minimum atomic E-state index is -3.29. The Morgan fingerprint density at radius 1 is 1.60 bits per heavy atom. The minimum Gasteiger partial charge on any atom is -0.212 e. The second-order valence-corrected chi connectivity index (χ2v) is 5.29. The first-order chi connectivity index (χ1) is 4.58. The van der Waals surface area contributed by atoms with E-state index < -0.39 is 9.05 Å². The van der Waals surface area contributed by atoms with Gasteiger partial charge in [-0.3, -0.25) is 0 Å². The summed E-state index contributed by atoms with van der Waals surface area (Å²) in [7, 11) is 1.76. The fourth-order valence-electron chi connectivity index (χ4n) is 1.09. The van der Waals surface area contributed by atoms with E-state index in [0.29, 0.717) is 0 Å². The predicted octanol–water partition coefficient (Wildman–Crippen LogP) is 1.52. The lowest BCUT2D eigenvalue weighted by atomic mass is 10.2. The van der Waals surface area contributed by atoms with E-state index in [2.05, 4.69) is 0 Å². The maximum atomic E-state index is 10.5. The number of allylic oxidation sites excluding steroid dienone is 2. The molecule has 0 saturated carbocycles. The Kier molecular flexibility index (Phi) is 2.36. The van der Waals surface area contributed by atoms with Gasteiger partial charge in [0.25, 0.3) is 0 Å². The van der Waals surface area contributed by atoms with Crippen molar-refractivity contribution in [3.05, 3.63) is 12.2 Å². The summed E-state index contributed by atoms with van der Waals surface area (Å²) < 4.78 is 21.0. The van der Waals surface area contributed by atoms with Crippen LogP contribution in [0.3, 0.4) is 0 Å². The Balaban J connectivity index is 2.47. The zero-order valence-corrected chi connectivity index (χ0v) is 7.03. The Morgan fingerprint density at radius 3 is 2.70 bits per heavy atom. The second kappa shape index (κ2) is 2.93. The molecule has 1 aliphatic rings. The van der Waals surface area contributed by atoms with E-state index in [1.807, 2.05) is 12.2 Å². The molecule has 0 heterocycles. The fourth-order valence-corrected chi connectivity index (χ4v) is 2.36. The van der Waals surface area contributed by atoms with Crippen molar-refractivity contribution < 1.29 is 8.42 Å². The molecular weight excluding hydrogens is 172 g/mol. The minimum absolute atomic E-state index is 0.0883. The molecule has 0 aromatic carbocycles. The van der Waals surface area contributed by atoms with Gasteiger partial charge in [-0.15, -0.1) is 0 Å². The highest BCUT2D eigenvalue weighted by molar-refractivity contribution is 8.13. The van der Waals surface area contributed by atoms with Crippen LogP contribution in [0.5, 0.6) is 0 Å². The molecule has 1 aliphatic carbocycles. The van der Waals surface area contributed by atoms with E-state index in [-0.39, 0.29) is 11.7 Å². The van der Waals surface area contributed by atoms with Crippen LogP contribution < -0.4 is 0 Å². The molecule has 0 aliphatic heterocycles. The van der Waals surface area contributed by atoms with Crippen molar-refractivity contribution in [3.63, 3.8) is 0 Å². The zero-order chi connectivity index (χ0) is 7.61. The molecule has 0 radical (unpaired) electrons. The smallest absolute Gasteiger partial charge is 0.212 e. The van der Waals surface area contributed by atoms with Gasteiger partial charge in [0.05, 0.1) is 5.75 Å². The number of halogens is 1. The summed E-state index contributed by atoms with van der Waals surface area (Å²) in [4.78, 5) is 0. The van der Waals surface area contributed by atoms with E-state index in [9.17, 15) is 8.42 Å². The first-order valence-corrected chi connectivity index (χ1v) is 5.65. The Morgan fingerprint density at radius 2 is 2.30 bits per heavy atom. The largest absolute Gasteiger partial charge is 0.233 e. The first-order valence-electron chi connectivity index (χ1n) is 3.17. The third kappa shape index (κ3) is 2.71. The van der Waals surface area contributed by atoms with Crippen LogP contribution in [-0.2, 0) is 9.05 Å². The van der Waals surface area contributed by atoms with Gasteiger partial charge < -0.3 is 0 Å². The number of hydrogen-bond acceptors (Lipinski definition) is 2. The van der Waals surface area contributed by atoms with Gasteiger partial charge in [-0.1, -0.05) is 12.2 Å². The Labute approximate surface area is 65.3 Å². The standard InChI is InChI=1S/C6H9ClO2S/c7-10(8,9)5-6-3-1-2-4-6/h1,3,6H,2,4-5H2. The van der Waals surface area contributed by atoms with Crippen LogP contribution in [0.2, 0.25) is 0 Å². The van der Waals surface area contributed by atoms with E-state index in [4.69, 9.17) is 10.7 Å². The molecule has 0 saturated heterocycles. The van der Waals surface area contributed by atoms with Gasteiger partial charge in [0.1, 0.15) is 0 Å². The summed E-state index contributed by atoms with van der Waals surface area (Å²) in [5.74, 6) is 0.243. The van der Waals surface area contributed by atoms with Gasteiger partial charge in [0.2, 0.25) is 9.05 Å². The van der Waals surface area contributed by atoms with Crippen molar-refractivity contribution in [2.45, 2.75) is 12.8 Å². The van der Waals surface area contributed by atoms with Gasteiger partial charge in [-0.25, -0.2) is 8.42 Å². The van der Waals surface area contributed by atoms with Crippen LogP contribution in [0.25, 0.3) is 0 Å². The third-order valence-corrected chi connectivity index (χ3v) is 2.73.